The number of fused-ring (bicyclic) bond motifs is 1. The molecule has 0 spiro atoms. The lowest BCUT2D eigenvalue weighted by Crippen LogP contribution is -2.32. The van der Waals surface area contributed by atoms with Gasteiger partial charge in [0.15, 0.2) is 0 Å². The van der Waals surface area contributed by atoms with Gasteiger partial charge in [0.2, 0.25) is 0 Å². The van der Waals surface area contributed by atoms with Crippen LogP contribution in [-0.2, 0) is 6.42 Å². The first-order valence-electron chi connectivity index (χ1n) is 7.54. The minimum Gasteiger partial charge on any atom is -0.342 e. The molecule has 2 nitrogen and oxygen atoms in total. The van der Waals surface area contributed by atoms with Gasteiger partial charge in [0.1, 0.15) is 5.82 Å². The summed E-state index contributed by atoms with van der Waals surface area (Å²) in [7, 11) is 0. The Kier molecular flexibility index (Phi) is 3.68. The Morgan fingerprint density at radius 3 is 2.71 bits per heavy atom. The van der Waals surface area contributed by atoms with E-state index in [0.717, 1.165) is 29.4 Å². The van der Waals surface area contributed by atoms with Crippen molar-refractivity contribution in [2.75, 3.05) is 0 Å². The molecule has 0 aliphatic heterocycles. The van der Waals surface area contributed by atoms with Crippen LogP contribution < -0.4 is 0 Å². The number of aryl methyl sites for hydroxylation is 1. The first-order valence-corrected chi connectivity index (χ1v) is 7.54. The predicted octanol–water partition coefficient (Wildman–Crippen LogP) is 4.96. The summed E-state index contributed by atoms with van der Waals surface area (Å²) in [5.41, 5.74) is 2.76. The number of benzene rings is 1. The highest BCUT2D eigenvalue weighted by atomic mass is 19.4. The van der Waals surface area contributed by atoms with Crippen LogP contribution in [0.15, 0.2) is 18.2 Å². The average molecular weight is 296 g/mol. The molecule has 0 radical (unpaired) electrons. The van der Waals surface area contributed by atoms with Crippen molar-refractivity contribution in [3.63, 3.8) is 0 Å². The van der Waals surface area contributed by atoms with Crippen molar-refractivity contribution >= 4 is 11.0 Å². The van der Waals surface area contributed by atoms with E-state index in [0.29, 0.717) is 18.7 Å². The highest BCUT2D eigenvalue weighted by Gasteiger charge is 2.46. The minimum absolute atomic E-state index is 0.214. The van der Waals surface area contributed by atoms with Gasteiger partial charge in [-0.25, -0.2) is 4.98 Å². The molecule has 2 aromatic rings. The molecule has 1 aliphatic carbocycles. The van der Waals surface area contributed by atoms with E-state index in [1.165, 1.54) is 0 Å². The van der Waals surface area contributed by atoms with Gasteiger partial charge in [-0.05, 0) is 37.0 Å². The number of nitrogens with one attached hydrogen (secondary N) is 1. The van der Waals surface area contributed by atoms with Gasteiger partial charge in [0.25, 0.3) is 0 Å². The number of H-pyrrole nitrogens is 1. The maximum Gasteiger partial charge on any atom is 0.392 e. The Labute approximate surface area is 121 Å². The molecule has 0 bridgehead atoms. The molecular formula is C16H19F3N2. The van der Waals surface area contributed by atoms with E-state index in [9.17, 15) is 13.2 Å². The molecular weight excluding hydrogens is 277 g/mol. The molecule has 1 aromatic heterocycles. The summed E-state index contributed by atoms with van der Waals surface area (Å²) in [4.78, 5) is 7.55. The standard InChI is InChI=1S/C16H19F3N2/c1-2-10-7-8-13-14(9-10)21-15(20-13)11-5-3-4-6-12(11)16(17,18)19/h7-9,11-12H,2-6H2,1H3,(H,20,21). The topological polar surface area (TPSA) is 28.7 Å². The summed E-state index contributed by atoms with van der Waals surface area (Å²) in [6.45, 7) is 2.05. The number of aromatic amines is 1. The predicted molar refractivity (Wildman–Crippen MR) is 76.2 cm³/mol. The lowest BCUT2D eigenvalue weighted by Gasteiger charge is -2.31. The molecule has 1 aromatic carbocycles. The van der Waals surface area contributed by atoms with Crippen LogP contribution in [0.25, 0.3) is 11.0 Å². The second kappa shape index (κ2) is 5.35. The molecule has 1 fully saturated rings. The number of hydrogen-bond acceptors (Lipinski definition) is 1. The fourth-order valence-electron chi connectivity index (χ4n) is 3.32. The summed E-state index contributed by atoms with van der Waals surface area (Å²) in [6, 6.07) is 5.85. The zero-order valence-electron chi connectivity index (χ0n) is 12.0. The Bertz CT molecular complexity index is 630. The Balaban J connectivity index is 1.97. The smallest absolute Gasteiger partial charge is 0.342 e. The summed E-state index contributed by atoms with van der Waals surface area (Å²) in [6.07, 6.45) is -0.969. The number of halogens is 3. The highest BCUT2D eigenvalue weighted by molar-refractivity contribution is 5.76. The van der Waals surface area contributed by atoms with Gasteiger partial charge in [-0.2, -0.15) is 13.2 Å². The SMILES string of the molecule is CCc1ccc2nc(C3CCCCC3C(F)(F)F)[nH]c2c1. The summed E-state index contributed by atoms with van der Waals surface area (Å²) in [5, 5.41) is 0. The summed E-state index contributed by atoms with van der Waals surface area (Å²) >= 11 is 0. The summed E-state index contributed by atoms with van der Waals surface area (Å²) in [5.74, 6) is -1.30. The molecule has 21 heavy (non-hydrogen) atoms. The van der Waals surface area contributed by atoms with Crippen molar-refractivity contribution < 1.29 is 13.2 Å². The lowest BCUT2D eigenvalue weighted by molar-refractivity contribution is -0.187. The number of alkyl halides is 3. The van der Waals surface area contributed by atoms with Crippen molar-refractivity contribution in [1.82, 2.24) is 9.97 Å². The second-order valence-electron chi connectivity index (χ2n) is 5.87. The van der Waals surface area contributed by atoms with Crippen molar-refractivity contribution in [2.24, 2.45) is 5.92 Å². The van der Waals surface area contributed by atoms with Crippen LogP contribution in [0.4, 0.5) is 13.2 Å². The third-order valence-electron chi connectivity index (χ3n) is 4.51. The third kappa shape index (κ3) is 2.78. The van der Waals surface area contributed by atoms with E-state index in [4.69, 9.17) is 0 Å². The zero-order valence-corrected chi connectivity index (χ0v) is 12.0. The molecule has 2 unspecified atom stereocenters. The molecule has 1 heterocycles. The van der Waals surface area contributed by atoms with Gasteiger partial charge in [-0.15, -0.1) is 0 Å². The van der Waals surface area contributed by atoms with Crippen LogP contribution in [0, 0.1) is 5.92 Å². The van der Waals surface area contributed by atoms with Crippen LogP contribution in [0.2, 0.25) is 0 Å². The number of hydrogen-bond donors (Lipinski definition) is 1. The van der Waals surface area contributed by atoms with Gasteiger partial charge in [-0.1, -0.05) is 25.8 Å². The van der Waals surface area contributed by atoms with E-state index >= 15 is 0 Å². The monoisotopic (exact) mass is 296 g/mol. The van der Waals surface area contributed by atoms with Gasteiger partial charge in [0.05, 0.1) is 17.0 Å². The van der Waals surface area contributed by atoms with Gasteiger partial charge in [0, 0.05) is 5.92 Å². The van der Waals surface area contributed by atoms with Crippen molar-refractivity contribution in [3.05, 3.63) is 29.6 Å². The molecule has 0 saturated heterocycles. The van der Waals surface area contributed by atoms with E-state index in [1.807, 2.05) is 18.2 Å². The number of aromatic nitrogens is 2. The fourth-order valence-corrected chi connectivity index (χ4v) is 3.32. The number of imidazole rings is 1. The maximum absolute atomic E-state index is 13.2. The fraction of sp³-hybridized carbons (Fsp3) is 0.562. The molecule has 1 aliphatic rings. The van der Waals surface area contributed by atoms with Crippen LogP contribution in [0.5, 0.6) is 0 Å². The first kappa shape index (κ1) is 14.4. The van der Waals surface area contributed by atoms with Gasteiger partial charge >= 0.3 is 6.18 Å². The zero-order chi connectivity index (χ0) is 15.0. The molecule has 2 atom stereocenters. The van der Waals surface area contributed by atoms with Crippen LogP contribution in [-0.4, -0.2) is 16.1 Å². The van der Waals surface area contributed by atoms with E-state index in [2.05, 4.69) is 16.9 Å². The van der Waals surface area contributed by atoms with Crippen LogP contribution in [0.3, 0.4) is 0 Å². The van der Waals surface area contributed by atoms with E-state index in [1.54, 1.807) is 0 Å². The number of rotatable bonds is 2. The molecule has 1 N–H and O–H groups in total. The molecule has 5 heteroatoms. The lowest BCUT2D eigenvalue weighted by atomic mass is 9.78. The molecule has 3 rings (SSSR count). The van der Waals surface area contributed by atoms with Crippen LogP contribution >= 0.6 is 0 Å². The molecule has 1 saturated carbocycles. The highest BCUT2D eigenvalue weighted by Crippen LogP contribution is 2.45. The van der Waals surface area contributed by atoms with Crippen LogP contribution in [0.1, 0.15) is 49.9 Å². The van der Waals surface area contributed by atoms with Gasteiger partial charge < -0.3 is 4.98 Å². The number of nitrogens with zero attached hydrogens (tertiary/aromatic N) is 1. The van der Waals surface area contributed by atoms with E-state index in [-0.39, 0.29) is 6.42 Å². The average Bonchev–Trinajstić information content (AvgIpc) is 2.89. The van der Waals surface area contributed by atoms with E-state index < -0.39 is 18.0 Å². The quantitative estimate of drug-likeness (QED) is 0.833. The Morgan fingerprint density at radius 2 is 2.00 bits per heavy atom. The minimum atomic E-state index is -4.14. The third-order valence-corrected chi connectivity index (χ3v) is 4.51. The second-order valence-corrected chi connectivity index (χ2v) is 5.87. The Morgan fingerprint density at radius 1 is 1.24 bits per heavy atom. The Hall–Kier alpha value is -1.52. The van der Waals surface area contributed by atoms with Crippen molar-refractivity contribution in [1.29, 1.82) is 0 Å². The van der Waals surface area contributed by atoms with Gasteiger partial charge in [-0.3, -0.25) is 0 Å². The largest absolute Gasteiger partial charge is 0.392 e. The van der Waals surface area contributed by atoms with Crippen molar-refractivity contribution in [3.8, 4) is 0 Å². The molecule has 114 valence electrons. The summed E-state index contributed by atoms with van der Waals surface area (Å²) < 4.78 is 39.6. The normalized spacial score (nSPS) is 23.6. The maximum atomic E-state index is 13.2. The van der Waals surface area contributed by atoms with Crippen molar-refractivity contribution in [2.45, 2.75) is 51.1 Å². The molecule has 0 amide bonds. The first-order chi connectivity index (χ1) is 9.99.